The van der Waals surface area contributed by atoms with E-state index in [2.05, 4.69) is 149 Å². The molecule has 0 N–H and O–H groups in total. The highest BCUT2D eigenvalue weighted by Gasteiger charge is 2.19. The van der Waals surface area contributed by atoms with E-state index >= 15 is 0 Å². The molecule has 0 radical (unpaired) electrons. The summed E-state index contributed by atoms with van der Waals surface area (Å²) >= 11 is 0. The summed E-state index contributed by atoms with van der Waals surface area (Å²) in [7, 11) is 0. The Kier molecular flexibility index (Phi) is 5.20. The van der Waals surface area contributed by atoms with Gasteiger partial charge in [0.25, 0.3) is 0 Å². The van der Waals surface area contributed by atoms with Crippen LogP contribution in [0.5, 0.6) is 0 Å². The summed E-state index contributed by atoms with van der Waals surface area (Å²) in [6.07, 6.45) is 1.84. The van der Waals surface area contributed by atoms with Gasteiger partial charge in [-0.1, -0.05) is 97.1 Å². The van der Waals surface area contributed by atoms with Gasteiger partial charge in [0.15, 0.2) is 0 Å². The smallest absolute Gasteiger partial charge is 0.0788 e. The SMILES string of the molecule is c1ccc(-c2nc3ccccc3c3c2ccc2c3c3ccccc3n2-c2cccc(-c3ccc4ncccc4c3)c2)cc1. The van der Waals surface area contributed by atoms with Crippen LogP contribution in [0.3, 0.4) is 0 Å². The Morgan fingerprint density at radius 1 is 0.442 bits per heavy atom. The lowest BCUT2D eigenvalue weighted by Gasteiger charge is -2.13. The van der Waals surface area contributed by atoms with Crippen LogP contribution in [0.25, 0.3) is 82.5 Å². The molecule has 0 saturated heterocycles. The lowest BCUT2D eigenvalue weighted by Crippen LogP contribution is -1.95. The minimum Gasteiger partial charge on any atom is -0.309 e. The first kappa shape index (κ1) is 23.9. The monoisotopic (exact) mass is 547 g/mol. The molecule has 0 amide bonds. The highest BCUT2D eigenvalue weighted by molar-refractivity contribution is 6.29. The van der Waals surface area contributed by atoms with Crippen LogP contribution >= 0.6 is 0 Å². The summed E-state index contributed by atoms with van der Waals surface area (Å²) in [5.41, 5.74) is 10.0. The van der Waals surface area contributed by atoms with Crippen LogP contribution in [0.4, 0.5) is 0 Å². The van der Waals surface area contributed by atoms with Crippen molar-refractivity contribution < 1.29 is 0 Å². The Morgan fingerprint density at radius 3 is 2.16 bits per heavy atom. The molecule has 9 aromatic rings. The number of aromatic nitrogens is 3. The first-order valence-corrected chi connectivity index (χ1v) is 14.6. The van der Waals surface area contributed by atoms with Crippen LogP contribution in [-0.2, 0) is 0 Å². The van der Waals surface area contributed by atoms with Crippen molar-refractivity contribution in [1.29, 1.82) is 0 Å². The fourth-order valence-electron chi connectivity index (χ4n) is 6.67. The van der Waals surface area contributed by atoms with Crippen molar-refractivity contribution >= 4 is 54.4 Å². The van der Waals surface area contributed by atoms with E-state index in [1.165, 1.54) is 49.1 Å². The van der Waals surface area contributed by atoms with Crippen molar-refractivity contribution in [1.82, 2.24) is 14.5 Å². The molecule has 200 valence electrons. The Hall–Kier alpha value is -5.80. The van der Waals surface area contributed by atoms with E-state index in [1.54, 1.807) is 0 Å². The molecule has 0 atom stereocenters. The maximum atomic E-state index is 5.18. The van der Waals surface area contributed by atoms with E-state index in [9.17, 15) is 0 Å². The van der Waals surface area contributed by atoms with Gasteiger partial charge in [0.2, 0.25) is 0 Å². The third-order valence-corrected chi connectivity index (χ3v) is 8.59. The maximum absolute atomic E-state index is 5.18. The summed E-state index contributed by atoms with van der Waals surface area (Å²) in [4.78, 5) is 9.69. The van der Waals surface area contributed by atoms with E-state index in [-0.39, 0.29) is 0 Å². The second-order valence-electron chi connectivity index (χ2n) is 11.0. The third kappa shape index (κ3) is 3.68. The largest absolute Gasteiger partial charge is 0.309 e. The molecule has 6 aromatic carbocycles. The normalized spacial score (nSPS) is 11.7. The molecule has 0 bridgehead atoms. The van der Waals surface area contributed by atoms with Crippen molar-refractivity contribution in [2.24, 2.45) is 0 Å². The van der Waals surface area contributed by atoms with Gasteiger partial charge in [-0.3, -0.25) is 4.98 Å². The minimum atomic E-state index is 1.01. The van der Waals surface area contributed by atoms with Crippen LogP contribution in [0.15, 0.2) is 152 Å². The Labute approximate surface area is 248 Å². The molecule has 3 heterocycles. The van der Waals surface area contributed by atoms with E-state index in [4.69, 9.17) is 4.98 Å². The highest BCUT2D eigenvalue weighted by Crippen LogP contribution is 2.42. The Balaban J connectivity index is 1.36. The lowest BCUT2D eigenvalue weighted by molar-refractivity contribution is 1.18. The number of nitrogens with zero attached hydrogens (tertiary/aromatic N) is 3. The number of para-hydroxylation sites is 2. The van der Waals surface area contributed by atoms with E-state index in [1.807, 2.05) is 12.3 Å². The minimum absolute atomic E-state index is 1.01. The van der Waals surface area contributed by atoms with E-state index in [0.717, 1.165) is 33.4 Å². The van der Waals surface area contributed by atoms with Gasteiger partial charge in [-0.2, -0.15) is 0 Å². The van der Waals surface area contributed by atoms with Crippen molar-refractivity contribution in [3.63, 3.8) is 0 Å². The average molecular weight is 548 g/mol. The average Bonchev–Trinajstić information content (AvgIpc) is 3.42. The molecule has 9 rings (SSSR count). The van der Waals surface area contributed by atoms with Crippen LogP contribution in [0.1, 0.15) is 0 Å². The molecule has 0 fully saturated rings. The number of fused-ring (bicyclic) bond motifs is 8. The van der Waals surface area contributed by atoms with Crippen molar-refractivity contribution in [3.8, 4) is 28.1 Å². The quantitative estimate of drug-likeness (QED) is 0.206. The number of pyridine rings is 2. The molecular formula is C40H25N3. The van der Waals surface area contributed by atoms with Gasteiger partial charge >= 0.3 is 0 Å². The highest BCUT2D eigenvalue weighted by atomic mass is 15.0. The van der Waals surface area contributed by atoms with Gasteiger partial charge in [0.1, 0.15) is 0 Å². The summed E-state index contributed by atoms with van der Waals surface area (Å²) in [6.45, 7) is 0. The third-order valence-electron chi connectivity index (χ3n) is 8.59. The van der Waals surface area contributed by atoms with Gasteiger partial charge in [-0.05, 0) is 59.7 Å². The summed E-state index contributed by atoms with van der Waals surface area (Å²) < 4.78 is 2.41. The maximum Gasteiger partial charge on any atom is 0.0788 e. The molecule has 3 aromatic heterocycles. The van der Waals surface area contributed by atoms with Gasteiger partial charge in [0.05, 0.1) is 27.8 Å². The Bertz CT molecular complexity index is 2510. The second kappa shape index (κ2) is 9.37. The molecule has 0 aliphatic carbocycles. The predicted molar refractivity (Wildman–Crippen MR) is 180 cm³/mol. The zero-order valence-electron chi connectivity index (χ0n) is 23.3. The molecular weight excluding hydrogens is 522 g/mol. The van der Waals surface area contributed by atoms with Gasteiger partial charge in [-0.15, -0.1) is 0 Å². The van der Waals surface area contributed by atoms with E-state index < -0.39 is 0 Å². The molecule has 0 aliphatic heterocycles. The van der Waals surface area contributed by atoms with Crippen molar-refractivity contribution in [2.75, 3.05) is 0 Å². The van der Waals surface area contributed by atoms with Crippen molar-refractivity contribution in [3.05, 3.63) is 152 Å². The molecule has 3 heteroatoms. The zero-order chi connectivity index (χ0) is 28.3. The summed E-state index contributed by atoms with van der Waals surface area (Å²) in [6, 6.07) is 51.8. The van der Waals surface area contributed by atoms with Gasteiger partial charge in [-0.25, -0.2) is 4.98 Å². The number of rotatable bonds is 3. The fourth-order valence-corrected chi connectivity index (χ4v) is 6.67. The van der Waals surface area contributed by atoms with Crippen molar-refractivity contribution in [2.45, 2.75) is 0 Å². The first-order valence-electron chi connectivity index (χ1n) is 14.6. The van der Waals surface area contributed by atoms with Crippen LogP contribution in [0.2, 0.25) is 0 Å². The number of hydrogen-bond acceptors (Lipinski definition) is 2. The van der Waals surface area contributed by atoms with Crippen LogP contribution in [0, 0.1) is 0 Å². The van der Waals surface area contributed by atoms with Crippen LogP contribution < -0.4 is 0 Å². The lowest BCUT2D eigenvalue weighted by atomic mass is 9.96. The topological polar surface area (TPSA) is 30.7 Å². The number of benzene rings is 6. The van der Waals surface area contributed by atoms with Gasteiger partial charge < -0.3 is 4.57 Å². The molecule has 0 aliphatic rings. The summed E-state index contributed by atoms with van der Waals surface area (Å²) in [5, 5.41) is 7.22. The molecule has 0 spiro atoms. The van der Waals surface area contributed by atoms with E-state index in [0.29, 0.717) is 0 Å². The van der Waals surface area contributed by atoms with Gasteiger partial charge in [0, 0.05) is 49.8 Å². The standard InChI is InChI=1S/C40H25N3/c1-2-10-26(11-3-1)40-33-20-22-37-39(38(33)31-15-4-6-17-35(31)42-40)32-16-5-7-18-36(32)43(37)30-14-8-12-27(25-30)28-19-21-34-29(24-28)13-9-23-41-34/h1-25H. The molecule has 0 unspecified atom stereocenters. The van der Waals surface area contributed by atoms with Crippen LogP contribution in [-0.4, -0.2) is 14.5 Å². The first-order chi connectivity index (χ1) is 21.3. The zero-order valence-corrected chi connectivity index (χ0v) is 23.3. The Morgan fingerprint density at radius 2 is 1.23 bits per heavy atom. The molecule has 3 nitrogen and oxygen atoms in total. The fraction of sp³-hybridized carbons (Fsp3) is 0. The predicted octanol–water partition coefficient (Wildman–Crippen LogP) is 10.4. The molecule has 43 heavy (non-hydrogen) atoms. The second-order valence-corrected chi connectivity index (χ2v) is 11.0. The molecule has 0 saturated carbocycles. The summed E-state index contributed by atoms with van der Waals surface area (Å²) in [5.74, 6) is 0. The number of hydrogen-bond donors (Lipinski definition) is 0.